The number of carbonyl (C=O) groups is 1. The highest BCUT2D eigenvalue weighted by atomic mass is 35.5. The van der Waals surface area contributed by atoms with Crippen molar-refractivity contribution in [1.82, 2.24) is 10.6 Å². The van der Waals surface area contributed by atoms with Crippen molar-refractivity contribution in [3.05, 3.63) is 28.8 Å². The van der Waals surface area contributed by atoms with Gasteiger partial charge in [0.25, 0.3) is 5.91 Å². The second kappa shape index (κ2) is 5.16. The number of halogens is 1. The predicted molar refractivity (Wildman–Crippen MR) is 71.1 cm³/mol. The third-order valence-electron chi connectivity index (χ3n) is 3.33. The Morgan fingerprint density at radius 1 is 1.44 bits per heavy atom. The van der Waals surface area contributed by atoms with Gasteiger partial charge in [-0.25, -0.2) is 0 Å². The normalized spacial score (nSPS) is 18.3. The van der Waals surface area contributed by atoms with Crippen LogP contribution in [0.1, 0.15) is 30.1 Å². The highest BCUT2D eigenvalue weighted by Gasteiger charge is 2.29. The number of nitrogens with one attached hydrogen (secondary N) is 2. The van der Waals surface area contributed by atoms with Crippen LogP contribution in [-0.4, -0.2) is 29.6 Å². The molecule has 0 saturated carbocycles. The van der Waals surface area contributed by atoms with Crippen LogP contribution in [0, 0.1) is 0 Å². The molecule has 1 aliphatic heterocycles. The molecule has 1 aromatic carbocycles. The quantitative estimate of drug-likeness (QED) is 0.768. The summed E-state index contributed by atoms with van der Waals surface area (Å²) in [5, 5.41) is 16.4. The minimum atomic E-state index is -0.278. The standard InChI is InChI=1S/C13H17ClN2O2/c1-13(4-6-15-7-5-13)16-12(18)10-8-9(14)2-3-11(10)17/h2-3,8,15,17H,4-7H2,1H3,(H,16,18). The Bertz CT molecular complexity index is 456. The minimum Gasteiger partial charge on any atom is -0.507 e. The van der Waals surface area contributed by atoms with Crippen LogP contribution < -0.4 is 10.6 Å². The van der Waals surface area contributed by atoms with E-state index in [1.807, 2.05) is 6.92 Å². The Labute approximate surface area is 111 Å². The summed E-state index contributed by atoms with van der Waals surface area (Å²) in [6.45, 7) is 3.80. The third kappa shape index (κ3) is 2.94. The molecule has 2 rings (SSSR count). The first-order valence-electron chi connectivity index (χ1n) is 6.02. The van der Waals surface area contributed by atoms with Crippen LogP contribution in [0.25, 0.3) is 0 Å². The number of hydrogen-bond donors (Lipinski definition) is 3. The van der Waals surface area contributed by atoms with Gasteiger partial charge < -0.3 is 15.7 Å². The summed E-state index contributed by atoms with van der Waals surface area (Å²) in [7, 11) is 0. The summed E-state index contributed by atoms with van der Waals surface area (Å²) in [5.41, 5.74) is -0.000796. The molecule has 1 aliphatic rings. The first-order valence-corrected chi connectivity index (χ1v) is 6.40. The Balaban J connectivity index is 2.14. The molecule has 4 nitrogen and oxygen atoms in total. The van der Waals surface area contributed by atoms with E-state index in [1.165, 1.54) is 12.1 Å². The van der Waals surface area contributed by atoms with Crippen LogP contribution in [0.4, 0.5) is 0 Å². The molecule has 98 valence electrons. The number of hydrogen-bond acceptors (Lipinski definition) is 3. The van der Waals surface area contributed by atoms with E-state index in [2.05, 4.69) is 10.6 Å². The third-order valence-corrected chi connectivity index (χ3v) is 3.56. The van der Waals surface area contributed by atoms with Gasteiger partial charge >= 0.3 is 0 Å². The molecular weight excluding hydrogens is 252 g/mol. The van der Waals surface area contributed by atoms with Gasteiger partial charge in [-0.2, -0.15) is 0 Å². The average Bonchev–Trinajstić information content (AvgIpc) is 2.32. The highest BCUT2D eigenvalue weighted by Crippen LogP contribution is 2.23. The van der Waals surface area contributed by atoms with Crippen LogP contribution in [0.2, 0.25) is 5.02 Å². The molecule has 18 heavy (non-hydrogen) atoms. The van der Waals surface area contributed by atoms with E-state index in [0.717, 1.165) is 25.9 Å². The van der Waals surface area contributed by atoms with E-state index in [4.69, 9.17) is 11.6 Å². The molecular formula is C13H17ClN2O2. The van der Waals surface area contributed by atoms with Crippen molar-refractivity contribution in [2.45, 2.75) is 25.3 Å². The molecule has 1 heterocycles. The molecule has 0 spiro atoms. The number of piperidine rings is 1. The Hall–Kier alpha value is -1.26. The average molecular weight is 269 g/mol. The zero-order chi connectivity index (χ0) is 13.2. The summed E-state index contributed by atoms with van der Waals surface area (Å²) in [6, 6.07) is 4.47. The Morgan fingerprint density at radius 3 is 2.78 bits per heavy atom. The van der Waals surface area contributed by atoms with Gasteiger partial charge in [-0.1, -0.05) is 11.6 Å². The number of carbonyl (C=O) groups excluding carboxylic acids is 1. The summed E-state index contributed by atoms with van der Waals surface area (Å²) in [4.78, 5) is 12.1. The summed E-state index contributed by atoms with van der Waals surface area (Å²) in [6.07, 6.45) is 1.75. The Kier molecular flexibility index (Phi) is 3.78. The van der Waals surface area contributed by atoms with Gasteiger partial charge in [-0.3, -0.25) is 4.79 Å². The van der Waals surface area contributed by atoms with Gasteiger partial charge in [-0.15, -0.1) is 0 Å². The van der Waals surface area contributed by atoms with E-state index in [9.17, 15) is 9.90 Å². The largest absolute Gasteiger partial charge is 0.507 e. The van der Waals surface area contributed by atoms with Crippen molar-refractivity contribution in [2.24, 2.45) is 0 Å². The summed E-state index contributed by atoms with van der Waals surface area (Å²) in [5.74, 6) is -0.325. The van der Waals surface area contributed by atoms with Crippen LogP contribution in [0.3, 0.4) is 0 Å². The van der Waals surface area contributed by atoms with Crippen LogP contribution >= 0.6 is 11.6 Å². The fourth-order valence-electron chi connectivity index (χ4n) is 2.14. The van der Waals surface area contributed by atoms with Gasteiger partial charge in [0.1, 0.15) is 5.75 Å². The van der Waals surface area contributed by atoms with Crippen molar-refractivity contribution < 1.29 is 9.90 Å². The van der Waals surface area contributed by atoms with Crippen LogP contribution in [-0.2, 0) is 0 Å². The number of benzene rings is 1. The zero-order valence-electron chi connectivity index (χ0n) is 10.3. The lowest BCUT2D eigenvalue weighted by atomic mass is 9.90. The van der Waals surface area contributed by atoms with Crippen LogP contribution in [0.15, 0.2) is 18.2 Å². The van der Waals surface area contributed by atoms with Gasteiger partial charge in [-0.05, 0) is 51.1 Å². The van der Waals surface area contributed by atoms with Crippen molar-refractivity contribution in [2.75, 3.05) is 13.1 Å². The maximum Gasteiger partial charge on any atom is 0.255 e. The molecule has 1 aromatic rings. The number of rotatable bonds is 2. The SMILES string of the molecule is CC1(NC(=O)c2cc(Cl)ccc2O)CCNCC1. The van der Waals surface area contributed by atoms with Crippen molar-refractivity contribution in [1.29, 1.82) is 0 Å². The maximum atomic E-state index is 12.1. The second-order valence-corrected chi connectivity index (χ2v) is 5.36. The zero-order valence-corrected chi connectivity index (χ0v) is 11.0. The van der Waals surface area contributed by atoms with Crippen molar-refractivity contribution in [3.8, 4) is 5.75 Å². The van der Waals surface area contributed by atoms with Crippen LogP contribution in [0.5, 0.6) is 5.75 Å². The van der Waals surface area contributed by atoms with E-state index in [0.29, 0.717) is 5.02 Å². The van der Waals surface area contributed by atoms with E-state index >= 15 is 0 Å². The molecule has 0 bridgehead atoms. The molecule has 0 radical (unpaired) electrons. The molecule has 5 heteroatoms. The maximum absolute atomic E-state index is 12.1. The minimum absolute atomic E-state index is 0.0468. The smallest absolute Gasteiger partial charge is 0.255 e. The first-order chi connectivity index (χ1) is 8.50. The molecule has 1 saturated heterocycles. The molecule has 0 atom stereocenters. The second-order valence-electron chi connectivity index (χ2n) is 4.93. The lowest BCUT2D eigenvalue weighted by Gasteiger charge is -2.35. The van der Waals surface area contributed by atoms with Gasteiger partial charge in [0, 0.05) is 10.6 Å². The molecule has 1 amide bonds. The molecule has 0 aliphatic carbocycles. The van der Waals surface area contributed by atoms with Crippen molar-refractivity contribution in [3.63, 3.8) is 0 Å². The number of phenols is 1. The lowest BCUT2D eigenvalue weighted by Crippen LogP contribution is -2.52. The predicted octanol–water partition coefficient (Wildman–Crippen LogP) is 1.92. The summed E-state index contributed by atoms with van der Waals surface area (Å²) >= 11 is 5.84. The molecule has 0 aromatic heterocycles. The fourth-order valence-corrected chi connectivity index (χ4v) is 2.31. The van der Waals surface area contributed by atoms with Crippen molar-refractivity contribution >= 4 is 17.5 Å². The molecule has 3 N–H and O–H groups in total. The fraction of sp³-hybridized carbons (Fsp3) is 0.462. The van der Waals surface area contributed by atoms with E-state index < -0.39 is 0 Å². The Morgan fingerprint density at radius 2 is 2.11 bits per heavy atom. The first kappa shape index (κ1) is 13.2. The van der Waals surface area contributed by atoms with Gasteiger partial charge in [0.2, 0.25) is 0 Å². The van der Waals surface area contributed by atoms with E-state index in [-0.39, 0.29) is 22.8 Å². The molecule has 1 fully saturated rings. The topological polar surface area (TPSA) is 61.4 Å². The monoisotopic (exact) mass is 268 g/mol. The molecule has 0 unspecified atom stereocenters. The summed E-state index contributed by atoms with van der Waals surface area (Å²) < 4.78 is 0. The number of phenolic OH excluding ortho intramolecular Hbond substituents is 1. The highest BCUT2D eigenvalue weighted by molar-refractivity contribution is 6.31. The van der Waals surface area contributed by atoms with Gasteiger partial charge in [0.15, 0.2) is 0 Å². The van der Waals surface area contributed by atoms with Gasteiger partial charge in [0.05, 0.1) is 5.56 Å². The lowest BCUT2D eigenvalue weighted by molar-refractivity contribution is 0.0885. The van der Waals surface area contributed by atoms with E-state index in [1.54, 1.807) is 6.07 Å². The number of aromatic hydroxyl groups is 1. The number of amides is 1.